The number of rotatable bonds is 4. The molecule has 0 aliphatic carbocycles. The number of aliphatic hydroxyl groups excluding tert-OH is 8. The van der Waals surface area contributed by atoms with E-state index in [2.05, 4.69) is 0 Å². The summed E-state index contributed by atoms with van der Waals surface area (Å²) >= 11 is 0. The van der Waals surface area contributed by atoms with Gasteiger partial charge < -0.3 is 64.5 Å². The molecule has 1 unspecified atom stereocenters. The van der Waals surface area contributed by atoms with Gasteiger partial charge in [-0.05, 0) is 20.8 Å². The molecule has 8 N–H and O–H groups in total. The van der Waals surface area contributed by atoms with Gasteiger partial charge in [-0.1, -0.05) is 0 Å². The van der Waals surface area contributed by atoms with Crippen molar-refractivity contribution in [2.45, 2.75) is 113 Å². The van der Waals surface area contributed by atoms with Crippen LogP contribution in [0.25, 0.3) is 0 Å². The Bertz CT molecular complexity index is 581. The second-order valence-corrected chi connectivity index (χ2v) is 8.29. The molecule has 3 heterocycles. The molecule has 0 bridgehead atoms. The maximum absolute atomic E-state index is 10.6. The first-order valence-electron chi connectivity index (χ1n) is 10.2. The lowest BCUT2D eigenvalue weighted by Gasteiger charge is -2.47. The van der Waals surface area contributed by atoms with Gasteiger partial charge in [-0.2, -0.15) is 0 Å². The fourth-order valence-corrected chi connectivity index (χ4v) is 3.87. The molecule has 3 aliphatic rings. The van der Waals surface area contributed by atoms with Crippen molar-refractivity contribution in [2.75, 3.05) is 0 Å². The van der Waals surface area contributed by atoms with Crippen molar-refractivity contribution in [3.05, 3.63) is 0 Å². The Morgan fingerprint density at radius 1 is 0.452 bits per heavy atom. The van der Waals surface area contributed by atoms with Gasteiger partial charge in [0.25, 0.3) is 0 Å². The lowest BCUT2D eigenvalue weighted by atomic mass is 9.97. The third-order valence-corrected chi connectivity index (χ3v) is 5.98. The highest BCUT2D eigenvalue weighted by molar-refractivity contribution is 4.94. The SMILES string of the molecule is C[C@@H]1O[C@@H](O[C@H]2[C@H](O[C@@H]3[C@@H](O)[C@H](C)OC(O)[C@@H]3O)O[C@@H](C)[C@H](O)[C@H]2O)[C@H](O)[C@H](O)[C@H]1O. The molecule has 15 atom stereocenters. The average Bonchev–Trinajstić information content (AvgIpc) is 2.72. The van der Waals surface area contributed by atoms with E-state index in [-0.39, 0.29) is 0 Å². The van der Waals surface area contributed by atoms with Crippen molar-refractivity contribution in [3.8, 4) is 0 Å². The van der Waals surface area contributed by atoms with Gasteiger partial charge in [-0.3, -0.25) is 0 Å². The van der Waals surface area contributed by atoms with Crippen LogP contribution in [0.5, 0.6) is 0 Å². The Morgan fingerprint density at radius 3 is 1.55 bits per heavy atom. The first-order valence-corrected chi connectivity index (χ1v) is 10.2. The zero-order valence-corrected chi connectivity index (χ0v) is 17.3. The average molecular weight is 456 g/mol. The molecule has 0 aromatic heterocycles. The summed E-state index contributed by atoms with van der Waals surface area (Å²) in [5.41, 5.74) is 0. The van der Waals surface area contributed by atoms with Gasteiger partial charge >= 0.3 is 0 Å². The molecule has 31 heavy (non-hydrogen) atoms. The Kier molecular flexibility index (Phi) is 7.91. The summed E-state index contributed by atoms with van der Waals surface area (Å²) in [5, 5.41) is 81.1. The summed E-state index contributed by atoms with van der Waals surface area (Å²) in [6.07, 6.45) is -21.1. The third-order valence-electron chi connectivity index (χ3n) is 5.98. The van der Waals surface area contributed by atoms with Crippen molar-refractivity contribution in [1.82, 2.24) is 0 Å². The van der Waals surface area contributed by atoms with Gasteiger partial charge in [-0.25, -0.2) is 0 Å². The smallest absolute Gasteiger partial charge is 0.187 e. The van der Waals surface area contributed by atoms with Crippen molar-refractivity contribution in [2.24, 2.45) is 0 Å². The number of aliphatic hydroxyl groups is 8. The van der Waals surface area contributed by atoms with E-state index in [0.29, 0.717) is 0 Å². The summed E-state index contributed by atoms with van der Waals surface area (Å²) in [7, 11) is 0. The molecule has 3 saturated heterocycles. The highest BCUT2D eigenvalue weighted by Gasteiger charge is 2.52. The van der Waals surface area contributed by atoms with Crippen LogP contribution >= 0.6 is 0 Å². The minimum absolute atomic E-state index is 0.903. The molecule has 13 nitrogen and oxygen atoms in total. The van der Waals surface area contributed by atoms with Crippen LogP contribution in [-0.2, 0) is 23.7 Å². The molecule has 0 radical (unpaired) electrons. The Balaban J connectivity index is 1.80. The molecule has 3 fully saturated rings. The second kappa shape index (κ2) is 9.77. The van der Waals surface area contributed by atoms with Gasteiger partial charge in [-0.15, -0.1) is 0 Å². The summed E-state index contributed by atoms with van der Waals surface area (Å²) < 4.78 is 27.1. The van der Waals surface area contributed by atoms with Crippen LogP contribution < -0.4 is 0 Å². The summed E-state index contributed by atoms with van der Waals surface area (Å²) in [6, 6.07) is 0. The predicted molar refractivity (Wildman–Crippen MR) is 97.0 cm³/mol. The van der Waals surface area contributed by atoms with Crippen LogP contribution in [0.2, 0.25) is 0 Å². The zero-order chi connectivity index (χ0) is 23.2. The lowest BCUT2D eigenvalue weighted by Crippen LogP contribution is -2.65. The molecule has 0 amide bonds. The first-order chi connectivity index (χ1) is 14.4. The summed E-state index contributed by atoms with van der Waals surface area (Å²) in [6.45, 7) is 4.34. The third kappa shape index (κ3) is 4.89. The maximum atomic E-state index is 10.6. The predicted octanol–water partition coefficient (Wildman–Crippen LogP) is -4.49. The molecule has 0 aromatic rings. The highest BCUT2D eigenvalue weighted by Crippen LogP contribution is 2.32. The zero-order valence-electron chi connectivity index (χ0n) is 17.3. The number of hydrogen-bond donors (Lipinski definition) is 8. The molecule has 3 rings (SSSR count). The van der Waals surface area contributed by atoms with Crippen LogP contribution in [0, 0.1) is 0 Å². The van der Waals surface area contributed by atoms with Gasteiger partial charge in [0, 0.05) is 0 Å². The molecule has 3 aliphatic heterocycles. The molecular weight excluding hydrogens is 424 g/mol. The van der Waals surface area contributed by atoms with Crippen LogP contribution in [0.4, 0.5) is 0 Å². The quantitative estimate of drug-likeness (QED) is 0.201. The van der Waals surface area contributed by atoms with Crippen molar-refractivity contribution in [1.29, 1.82) is 0 Å². The fourth-order valence-electron chi connectivity index (χ4n) is 3.87. The molecular formula is C18H32O13. The van der Waals surface area contributed by atoms with Crippen LogP contribution in [0.1, 0.15) is 20.8 Å². The maximum Gasteiger partial charge on any atom is 0.187 e. The normalized spacial score (nSPS) is 56.4. The topological polar surface area (TPSA) is 208 Å². The Hall–Kier alpha value is -0.520. The number of ether oxygens (including phenoxy) is 5. The monoisotopic (exact) mass is 456 g/mol. The standard InChI is InChI=1S/C18H32O13/c1-4-7(19)10(22)12(24)17(28-4)31-15-11(23)8(20)5(2)29-18(15)30-14-9(21)6(3)27-16(26)13(14)25/h4-26H,1-3H3/t4-,5-,6-,7-,8-,9-,10+,11+,12+,13+,14+,15+,16?,17-,18-/m0/s1. The van der Waals surface area contributed by atoms with Crippen molar-refractivity contribution < 1.29 is 64.5 Å². The van der Waals surface area contributed by atoms with E-state index in [1.165, 1.54) is 20.8 Å². The van der Waals surface area contributed by atoms with Gasteiger partial charge in [0.2, 0.25) is 0 Å². The van der Waals surface area contributed by atoms with Gasteiger partial charge in [0.05, 0.1) is 18.3 Å². The summed E-state index contributed by atoms with van der Waals surface area (Å²) in [4.78, 5) is 0. The van der Waals surface area contributed by atoms with Gasteiger partial charge in [0.15, 0.2) is 18.9 Å². The first kappa shape index (κ1) is 25.1. The number of hydrogen-bond acceptors (Lipinski definition) is 13. The largest absolute Gasteiger partial charge is 0.388 e. The van der Waals surface area contributed by atoms with E-state index in [0.717, 1.165) is 0 Å². The van der Waals surface area contributed by atoms with E-state index in [4.69, 9.17) is 23.7 Å². The fraction of sp³-hybridized carbons (Fsp3) is 1.00. The van der Waals surface area contributed by atoms with E-state index >= 15 is 0 Å². The van der Waals surface area contributed by atoms with Crippen LogP contribution in [-0.4, -0.2) is 133 Å². The van der Waals surface area contributed by atoms with Crippen molar-refractivity contribution >= 4 is 0 Å². The minimum Gasteiger partial charge on any atom is -0.388 e. The van der Waals surface area contributed by atoms with Crippen molar-refractivity contribution in [3.63, 3.8) is 0 Å². The van der Waals surface area contributed by atoms with E-state index in [1.807, 2.05) is 0 Å². The van der Waals surface area contributed by atoms with E-state index < -0.39 is 92.1 Å². The minimum atomic E-state index is -1.70. The van der Waals surface area contributed by atoms with E-state index in [9.17, 15) is 40.9 Å². The Morgan fingerprint density at radius 2 is 0.935 bits per heavy atom. The molecule has 13 heteroatoms. The highest BCUT2D eigenvalue weighted by atomic mass is 16.8. The lowest BCUT2D eigenvalue weighted by molar-refractivity contribution is -0.382. The van der Waals surface area contributed by atoms with Crippen LogP contribution in [0.15, 0.2) is 0 Å². The Labute approximate surface area is 178 Å². The van der Waals surface area contributed by atoms with Crippen LogP contribution in [0.3, 0.4) is 0 Å². The molecule has 182 valence electrons. The second-order valence-electron chi connectivity index (χ2n) is 8.29. The van der Waals surface area contributed by atoms with Gasteiger partial charge in [0.1, 0.15) is 54.9 Å². The molecule has 0 saturated carbocycles. The van der Waals surface area contributed by atoms with E-state index in [1.54, 1.807) is 0 Å². The molecule has 0 spiro atoms. The summed E-state index contributed by atoms with van der Waals surface area (Å²) in [5.74, 6) is 0. The molecule has 0 aromatic carbocycles.